The molecule has 0 bridgehead atoms. The fourth-order valence-corrected chi connectivity index (χ4v) is 1.70. The summed E-state index contributed by atoms with van der Waals surface area (Å²) in [7, 11) is 0. The van der Waals surface area contributed by atoms with Gasteiger partial charge in [-0.25, -0.2) is 0 Å². The molecular weight excluding hydrogens is 188 g/mol. The number of benzene rings is 1. The second-order valence-electron chi connectivity index (χ2n) is 3.82. The maximum absolute atomic E-state index is 8.92. The first-order valence-electron chi connectivity index (χ1n) is 5.31. The van der Waals surface area contributed by atoms with E-state index in [1.807, 2.05) is 18.5 Å². The van der Waals surface area contributed by atoms with E-state index in [9.17, 15) is 0 Å². The summed E-state index contributed by atoms with van der Waals surface area (Å²) >= 11 is 0. The van der Waals surface area contributed by atoms with Crippen LogP contribution in [0.4, 0.5) is 0 Å². The highest BCUT2D eigenvalue weighted by atomic mass is 16.3. The molecule has 3 nitrogen and oxygen atoms in total. The van der Waals surface area contributed by atoms with Crippen molar-refractivity contribution in [3.8, 4) is 0 Å². The fraction of sp³-hybridized carbons (Fsp3) is 0.417. The smallest absolute Gasteiger partial charge is 0.0852 e. The van der Waals surface area contributed by atoms with Crippen molar-refractivity contribution in [2.24, 2.45) is 4.99 Å². The summed E-state index contributed by atoms with van der Waals surface area (Å²) in [6.45, 7) is 3.08. The van der Waals surface area contributed by atoms with E-state index in [0.717, 1.165) is 31.6 Å². The average molecular weight is 204 g/mol. The van der Waals surface area contributed by atoms with Gasteiger partial charge in [-0.3, -0.25) is 4.99 Å². The molecule has 80 valence electrons. The number of aliphatic imine (C=N–C) groups is 1. The van der Waals surface area contributed by atoms with Gasteiger partial charge in [-0.2, -0.15) is 0 Å². The molecular formula is C12H16N2O. The molecule has 1 heterocycles. The van der Waals surface area contributed by atoms with E-state index in [-0.39, 0.29) is 6.61 Å². The molecule has 1 aliphatic heterocycles. The first-order valence-corrected chi connectivity index (χ1v) is 5.31. The van der Waals surface area contributed by atoms with E-state index in [1.165, 1.54) is 5.56 Å². The van der Waals surface area contributed by atoms with Crippen LogP contribution in [0, 0.1) is 0 Å². The molecule has 0 spiro atoms. The van der Waals surface area contributed by atoms with Gasteiger partial charge in [0, 0.05) is 19.6 Å². The summed E-state index contributed by atoms with van der Waals surface area (Å²) in [5.74, 6) is 0. The molecule has 1 aromatic carbocycles. The van der Waals surface area contributed by atoms with Crippen LogP contribution < -0.4 is 0 Å². The van der Waals surface area contributed by atoms with Crippen molar-refractivity contribution in [2.45, 2.75) is 19.6 Å². The summed E-state index contributed by atoms with van der Waals surface area (Å²) in [5, 5.41) is 8.92. The van der Waals surface area contributed by atoms with Crippen LogP contribution in [-0.2, 0) is 13.2 Å². The van der Waals surface area contributed by atoms with Crippen LogP contribution >= 0.6 is 0 Å². The minimum atomic E-state index is 0.117. The Morgan fingerprint density at radius 2 is 1.93 bits per heavy atom. The predicted molar refractivity (Wildman–Crippen MR) is 60.8 cm³/mol. The van der Waals surface area contributed by atoms with Gasteiger partial charge in [-0.05, 0) is 17.5 Å². The van der Waals surface area contributed by atoms with E-state index in [4.69, 9.17) is 5.11 Å². The van der Waals surface area contributed by atoms with Gasteiger partial charge in [0.2, 0.25) is 0 Å². The molecule has 0 saturated carbocycles. The van der Waals surface area contributed by atoms with Gasteiger partial charge in [0.15, 0.2) is 0 Å². The third kappa shape index (κ3) is 2.80. The van der Waals surface area contributed by atoms with Crippen molar-refractivity contribution in [1.29, 1.82) is 0 Å². The molecule has 0 amide bonds. The molecule has 2 rings (SSSR count). The normalized spacial score (nSPS) is 15.7. The van der Waals surface area contributed by atoms with Crippen molar-refractivity contribution >= 4 is 6.34 Å². The van der Waals surface area contributed by atoms with Crippen molar-refractivity contribution in [2.75, 3.05) is 13.1 Å². The lowest BCUT2D eigenvalue weighted by atomic mass is 10.1. The van der Waals surface area contributed by atoms with E-state index >= 15 is 0 Å². The lowest BCUT2D eigenvalue weighted by Crippen LogP contribution is -2.26. The minimum absolute atomic E-state index is 0.117. The summed E-state index contributed by atoms with van der Waals surface area (Å²) < 4.78 is 0. The third-order valence-corrected chi connectivity index (χ3v) is 2.57. The summed E-state index contributed by atoms with van der Waals surface area (Å²) in [5.41, 5.74) is 2.23. The highest BCUT2D eigenvalue weighted by molar-refractivity contribution is 5.55. The van der Waals surface area contributed by atoms with Crippen molar-refractivity contribution in [1.82, 2.24) is 4.90 Å². The number of aliphatic hydroxyl groups is 1. The van der Waals surface area contributed by atoms with E-state index < -0.39 is 0 Å². The van der Waals surface area contributed by atoms with Gasteiger partial charge < -0.3 is 10.0 Å². The van der Waals surface area contributed by atoms with Crippen LogP contribution in [0.15, 0.2) is 29.3 Å². The zero-order valence-corrected chi connectivity index (χ0v) is 8.76. The summed E-state index contributed by atoms with van der Waals surface area (Å²) in [4.78, 5) is 6.47. The molecule has 0 fully saturated rings. The SMILES string of the molecule is OCc1ccc(CN2C=NCCC2)cc1. The molecule has 1 aromatic rings. The van der Waals surface area contributed by atoms with E-state index in [0.29, 0.717) is 0 Å². The Bertz CT molecular complexity index is 332. The van der Waals surface area contributed by atoms with Crippen LogP contribution in [0.5, 0.6) is 0 Å². The Kier molecular flexibility index (Phi) is 3.35. The van der Waals surface area contributed by atoms with Crippen LogP contribution in [0.25, 0.3) is 0 Å². The summed E-state index contributed by atoms with van der Waals surface area (Å²) in [6, 6.07) is 8.06. The van der Waals surface area contributed by atoms with Crippen LogP contribution in [0.2, 0.25) is 0 Å². The zero-order chi connectivity index (χ0) is 10.5. The van der Waals surface area contributed by atoms with Gasteiger partial charge in [0.25, 0.3) is 0 Å². The van der Waals surface area contributed by atoms with Gasteiger partial charge in [-0.15, -0.1) is 0 Å². The lowest BCUT2D eigenvalue weighted by Gasteiger charge is -2.22. The standard InChI is InChI=1S/C12H16N2O/c15-9-12-4-2-11(3-5-12)8-14-7-1-6-13-10-14/h2-5,10,15H,1,6-9H2. The van der Waals surface area contributed by atoms with E-state index in [2.05, 4.69) is 22.0 Å². The lowest BCUT2D eigenvalue weighted by molar-refractivity contribution is 0.282. The summed E-state index contributed by atoms with van der Waals surface area (Å²) in [6.07, 6.45) is 3.08. The minimum Gasteiger partial charge on any atom is -0.392 e. The second kappa shape index (κ2) is 4.94. The second-order valence-corrected chi connectivity index (χ2v) is 3.82. The van der Waals surface area contributed by atoms with Crippen molar-refractivity contribution < 1.29 is 5.11 Å². The Morgan fingerprint density at radius 3 is 2.53 bits per heavy atom. The van der Waals surface area contributed by atoms with E-state index in [1.54, 1.807) is 0 Å². The Balaban J connectivity index is 1.97. The molecule has 0 aromatic heterocycles. The quantitative estimate of drug-likeness (QED) is 0.808. The maximum atomic E-state index is 8.92. The van der Waals surface area contributed by atoms with Crippen LogP contribution in [0.1, 0.15) is 17.5 Å². The Hall–Kier alpha value is -1.35. The molecule has 1 N–H and O–H groups in total. The maximum Gasteiger partial charge on any atom is 0.0852 e. The number of hydrogen-bond acceptors (Lipinski definition) is 3. The Labute approximate surface area is 90.1 Å². The van der Waals surface area contributed by atoms with Gasteiger partial charge in [0.05, 0.1) is 12.9 Å². The largest absolute Gasteiger partial charge is 0.392 e. The first-order chi connectivity index (χ1) is 7.38. The van der Waals surface area contributed by atoms with Gasteiger partial charge >= 0.3 is 0 Å². The third-order valence-electron chi connectivity index (χ3n) is 2.57. The molecule has 3 heteroatoms. The van der Waals surface area contributed by atoms with Crippen molar-refractivity contribution in [3.63, 3.8) is 0 Å². The molecule has 0 radical (unpaired) electrons. The molecule has 0 unspecified atom stereocenters. The average Bonchev–Trinajstić information content (AvgIpc) is 2.31. The molecule has 15 heavy (non-hydrogen) atoms. The monoisotopic (exact) mass is 204 g/mol. The van der Waals surface area contributed by atoms with Gasteiger partial charge in [0.1, 0.15) is 0 Å². The zero-order valence-electron chi connectivity index (χ0n) is 8.76. The number of nitrogens with zero attached hydrogens (tertiary/aromatic N) is 2. The number of hydrogen-bond donors (Lipinski definition) is 1. The first kappa shape index (κ1) is 10.2. The Morgan fingerprint density at radius 1 is 1.20 bits per heavy atom. The highest BCUT2D eigenvalue weighted by Gasteiger charge is 2.04. The van der Waals surface area contributed by atoms with Crippen LogP contribution in [0.3, 0.4) is 0 Å². The van der Waals surface area contributed by atoms with Crippen LogP contribution in [-0.4, -0.2) is 29.4 Å². The number of aliphatic hydroxyl groups excluding tert-OH is 1. The molecule has 0 aliphatic carbocycles. The topological polar surface area (TPSA) is 35.8 Å². The molecule has 0 atom stereocenters. The van der Waals surface area contributed by atoms with Gasteiger partial charge in [-0.1, -0.05) is 24.3 Å². The predicted octanol–water partition coefficient (Wildman–Crippen LogP) is 1.41. The highest BCUT2D eigenvalue weighted by Crippen LogP contribution is 2.08. The molecule has 1 aliphatic rings. The molecule has 0 saturated heterocycles. The number of rotatable bonds is 3. The fourth-order valence-electron chi connectivity index (χ4n) is 1.70. The van der Waals surface area contributed by atoms with Crippen molar-refractivity contribution in [3.05, 3.63) is 35.4 Å².